The van der Waals surface area contributed by atoms with Crippen LogP contribution in [-0.4, -0.2) is 63.8 Å². The second kappa shape index (κ2) is 11.6. The number of hydrogen-bond acceptors (Lipinski definition) is 6. The molecule has 182 valence electrons. The first-order valence-corrected chi connectivity index (χ1v) is 11.8. The minimum Gasteiger partial charge on any atom is -0.349 e. The second-order valence-corrected chi connectivity index (χ2v) is 8.51. The van der Waals surface area contributed by atoms with Crippen molar-refractivity contribution in [1.29, 1.82) is 0 Å². The molecule has 0 radical (unpaired) electrons. The van der Waals surface area contributed by atoms with E-state index in [1.165, 1.54) is 31.8 Å². The van der Waals surface area contributed by atoms with Gasteiger partial charge >= 0.3 is 0 Å². The molecule has 10 nitrogen and oxygen atoms in total. The summed E-state index contributed by atoms with van der Waals surface area (Å²) in [5, 5.41) is 8.49. The number of halogens is 1. The van der Waals surface area contributed by atoms with Crippen molar-refractivity contribution in [3.63, 3.8) is 0 Å². The van der Waals surface area contributed by atoms with Crippen LogP contribution in [0.15, 0.2) is 48.9 Å². The van der Waals surface area contributed by atoms with Gasteiger partial charge in [0.1, 0.15) is 11.5 Å². The Hall–Kier alpha value is -3.76. The zero-order valence-corrected chi connectivity index (χ0v) is 19.8. The number of benzene rings is 1. The second-order valence-electron chi connectivity index (χ2n) is 8.10. The Morgan fingerprint density at radius 3 is 2.49 bits per heavy atom. The molecule has 1 fully saturated rings. The molecule has 0 aliphatic carbocycles. The number of likely N-dealkylation sites (tertiary alicyclic amines) is 1. The number of piperidine rings is 1. The number of rotatable bonds is 8. The van der Waals surface area contributed by atoms with Crippen LogP contribution in [0.4, 0.5) is 11.5 Å². The number of imidazole rings is 1. The maximum atomic E-state index is 12.7. The summed E-state index contributed by atoms with van der Waals surface area (Å²) in [6, 6.07) is 9.82. The monoisotopic (exact) mass is 495 g/mol. The zero-order valence-electron chi connectivity index (χ0n) is 19.0. The van der Waals surface area contributed by atoms with Gasteiger partial charge in [-0.2, -0.15) is 0 Å². The van der Waals surface area contributed by atoms with Crippen molar-refractivity contribution in [2.75, 3.05) is 36.8 Å². The van der Waals surface area contributed by atoms with Crippen LogP contribution < -0.4 is 16.0 Å². The van der Waals surface area contributed by atoms with Gasteiger partial charge in [-0.15, -0.1) is 0 Å². The zero-order chi connectivity index (χ0) is 24.6. The highest BCUT2D eigenvalue weighted by Crippen LogP contribution is 2.17. The largest absolute Gasteiger partial charge is 0.349 e. The Balaban J connectivity index is 1.31. The fourth-order valence-electron chi connectivity index (χ4n) is 3.80. The number of carbonyl (C=O) groups excluding carboxylic acids is 3. The Labute approximate surface area is 207 Å². The average molecular weight is 496 g/mol. The topological polar surface area (TPSA) is 132 Å². The molecule has 11 heteroatoms. The molecule has 3 heterocycles. The van der Waals surface area contributed by atoms with E-state index in [1.807, 2.05) is 0 Å². The number of carbonyl (C=O) groups is 3. The molecule has 0 spiro atoms. The molecule has 1 aromatic carbocycles. The van der Waals surface area contributed by atoms with Crippen LogP contribution >= 0.6 is 11.6 Å². The molecule has 1 aliphatic heterocycles. The summed E-state index contributed by atoms with van der Waals surface area (Å²) < 4.78 is 0. The lowest BCUT2D eigenvalue weighted by Gasteiger charge is -2.26. The van der Waals surface area contributed by atoms with Crippen molar-refractivity contribution >= 4 is 40.8 Å². The summed E-state index contributed by atoms with van der Waals surface area (Å²) in [4.78, 5) is 50.8. The van der Waals surface area contributed by atoms with E-state index in [2.05, 4.69) is 35.8 Å². The van der Waals surface area contributed by atoms with Crippen molar-refractivity contribution in [3.05, 3.63) is 70.9 Å². The number of nitrogens with zero attached hydrogens (tertiary/aromatic N) is 3. The van der Waals surface area contributed by atoms with Gasteiger partial charge in [0.15, 0.2) is 5.69 Å². The van der Waals surface area contributed by atoms with Crippen LogP contribution in [-0.2, 0) is 0 Å². The number of hydrogen-bond donors (Lipinski definition) is 4. The Morgan fingerprint density at radius 1 is 0.943 bits per heavy atom. The van der Waals surface area contributed by atoms with Gasteiger partial charge in [0.25, 0.3) is 17.7 Å². The number of aromatic amines is 1. The molecule has 0 unspecified atom stereocenters. The van der Waals surface area contributed by atoms with E-state index in [0.717, 1.165) is 19.6 Å². The van der Waals surface area contributed by atoms with E-state index in [4.69, 9.17) is 11.6 Å². The van der Waals surface area contributed by atoms with Crippen molar-refractivity contribution < 1.29 is 14.4 Å². The number of pyridine rings is 1. The van der Waals surface area contributed by atoms with E-state index < -0.39 is 17.7 Å². The maximum absolute atomic E-state index is 12.7. The maximum Gasteiger partial charge on any atom is 0.274 e. The highest BCUT2D eigenvalue weighted by atomic mass is 35.5. The molecule has 4 N–H and O–H groups in total. The highest BCUT2D eigenvalue weighted by molar-refractivity contribution is 6.34. The van der Waals surface area contributed by atoms with Gasteiger partial charge in [0.2, 0.25) is 0 Å². The van der Waals surface area contributed by atoms with Gasteiger partial charge in [-0.1, -0.05) is 30.2 Å². The van der Waals surface area contributed by atoms with Crippen LogP contribution in [0.2, 0.25) is 5.02 Å². The molecular formula is C24H26ClN7O3. The van der Waals surface area contributed by atoms with Crippen molar-refractivity contribution in [2.45, 2.75) is 19.3 Å². The van der Waals surface area contributed by atoms with E-state index >= 15 is 0 Å². The van der Waals surface area contributed by atoms with Gasteiger partial charge in [0.05, 0.1) is 28.8 Å². The van der Waals surface area contributed by atoms with E-state index in [0.29, 0.717) is 28.6 Å². The summed E-state index contributed by atoms with van der Waals surface area (Å²) in [6.45, 7) is 3.34. The number of amides is 3. The fraction of sp³-hybridized carbons (Fsp3) is 0.292. The molecule has 3 aromatic rings. The summed E-state index contributed by atoms with van der Waals surface area (Å²) in [7, 11) is 0. The van der Waals surface area contributed by atoms with Crippen LogP contribution in [0.1, 0.15) is 50.6 Å². The molecular weight excluding hydrogens is 470 g/mol. The average Bonchev–Trinajstić information content (AvgIpc) is 3.36. The predicted octanol–water partition coefficient (Wildman–Crippen LogP) is 3.18. The first-order chi connectivity index (χ1) is 17.0. The Bertz CT molecular complexity index is 1190. The third kappa shape index (κ3) is 6.43. The van der Waals surface area contributed by atoms with Crippen LogP contribution in [0.25, 0.3) is 0 Å². The minimum atomic E-state index is -0.529. The number of anilines is 2. The lowest BCUT2D eigenvalue weighted by molar-refractivity contribution is 0.0929. The molecule has 0 bridgehead atoms. The highest BCUT2D eigenvalue weighted by Gasteiger charge is 2.21. The van der Waals surface area contributed by atoms with E-state index in [1.54, 1.807) is 36.4 Å². The van der Waals surface area contributed by atoms with E-state index in [9.17, 15) is 14.4 Å². The lowest BCUT2D eigenvalue weighted by atomic mass is 10.1. The van der Waals surface area contributed by atoms with Crippen molar-refractivity contribution in [1.82, 2.24) is 25.2 Å². The fourth-order valence-corrected chi connectivity index (χ4v) is 4.02. The normalized spacial score (nSPS) is 13.7. The van der Waals surface area contributed by atoms with Crippen LogP contribution in [0, 0.1) is 0 Å². The van der Waals surface area contributed by atoms with Crippen LogP contribution in [0.5, 0.6) is 0 Å². The van der Waals surface area contributed by atoms with E-state index in [-0.39, 0.29) is 11.4 Å². The van der Waals surface area contributed by atoms with Crippen molar-refractivity contribution in [3.8, 4) is 0 Å². The molecule has 1 saturated heterocycles. The van der Waals surface area contributed by atoms with Crippen LogP contribution in [0.3, 0.4) is 0 Å². The first kappa shape index (κ1) is 24.4. The van der Waals surface area contributed by atoms with Crippen molar-refractivity contribution in [2.24, 2.45) is 0 Å². The summed E-state index contributed by atoms with van der Waals surface area (Å²) >= 11 is 6.05. The Kier molecular flexibility index (Phi) is 8.07. The molecule has 1 aliphatic rings. The molecule has 0 saturated carbocycles. The first-order valence-electron chi connectivity index (χ1n) is 11.4. The van der Waals surface area contributed by atoms with Gasteiger partial charge < -0.3 is 25.8 Å². The summed E-state index contributed by atoms with van der Waals surface area (Å²) in [5.74, 6) is -1.04. The SMILES string of the molecule is O=C(Nc1ccc(NC(=O)c2[nH]cnc2C(=O)NCCN2CCCCC2)cn1)c1ccccc1Cl. The van der Waals surface area contributed by atoms with Gasteiger partial charge in [-0.3, -0.25) is 14.4 Å². The smallest absolute Gasteiger partial charge is 0.274 e. The Morgan fingerprint density at radius 2 is 1.74 bits per heavy atom. The quantitative estimate of drug-likeness (QED) is 0.379. The number of H-pyrrole nitrogens is 1. The number of nitrogens with one attached hydrogen (secondary N) is 4. The molecule has 4 rings (SSSR count). The third-order valence-corrected chi connectivity index (χ3v) is 5.95. The molecule has 3 amide bonds. The number of aromatic nitrogens is 3. The molecule has 2 aromatic heterocycles. The summed E-state index contributed by atoms with van der Waals surface area (Å²) in [5.41, 5.74) is 0.792. The molecule has 35 heavy (non-hydrogen) atoms. The standard InChI is InChI=1S/C24H26ClN7O3/c25-18-7-3-2-6-17(18)22(33)31-19-9-8-16(14-27-19)30-24(35)21-20(28-15-29-21)23(34)26-10-13-32-11-4-1-5-12-32/h2-3,6-9,14-15H,1,4-5,10-13H2,(H,26,34)(H,28,29)(H,30,35)(H,27,31,33). The third-order valence-electron chi connectivity index (χ3n) is 5.63. The molecule has 0 atom stereocenters. The van der Waals surface area contributed by atoms with Gasteiger partial charge in [-0.25, -0.2) is 9.97 Å². The van der Waals surface area contributed by atoms with Gasteiger partial charge in [0, 0.05) is 13.1 Å². The predicted molar refractivity (Wildman–Crippen MR) is 133 cm³/mol. The minimum absolute atomic E-state index is 0.0257. The lowest BCUT2D eigenvalue weighted by Crippen LogP contribution is -2.38. The van der Waals surface area contributed by atoms with Gasteiger partial charge in [-0.05, 0) is 50.2 Å². The summed E-state index contributed by atoms with van der Waals surface area (Å²) in [6.07, 6.45) is 6.32.